The predicted molar refractivity (Wildman–Crippen MR) is 103 cm³/mol. The van der Waals surface area contributed by atoms with E-state index < -0.39 is 5.60 Å². The molecular weight excluding hydrogens is 324 g/mol. The lowest BCUT2D eigenvalue weighted by atomic mass is 9.94. The fourth-order valence-corrected chi connectivity index (χ4v) is 4.20. The van der Waals surface area contributed by atoms with Gasteiger partial charge >= 0.3 is 6.09 Å². The van der Waals surface area contributed by atoms with E-state index in [2.05, 4.69) is 35.3 Å². The molecule has 1 aromatic heterocycles. The predicted octanol–water partition coefficient (Wildman–Crippen LogP) is 4.88. The molecule has 0 saturated carbocycles. The van der Waals surface area contributed by atoms with Crippen molar-refractivity contribution in [2.45, 2.75) is 64.1 Å². The van der Waals surface area contributed by atoms with Gasteiger partial charge in [0.1, 0.15) is 5.60 Å². The van der Waals surface area contributed by atoms with Crippen LogP contribution in [0, 0.1) is 0 Å². The lowest BCUT2D eigenvalue weighted by molar-refractivity contribution is 0.0166. The molecule has 136 valence electrons. The highest BCUT2D eigenvalue weighted by atomic mass is 16.6. The normalized spacial score (nSPS) is 22.4. The van der Waals surface area contributed by atoms with Gasteiger partial charge in [-0.1, -0.05) is 35.9 Å². The number of carbonyl (C=O) groups excluding carboxylic acids is 1. The van der Waals surface area contributed by atoms with E-state index in [4.69, 9.17) is 4.74 Å². The first-order chi connectivity index (χ1) is 12.4. The summed E-state index contributed by atoms with van der Waals surface area (Å²) >= 11 is 0. The molecule has 0 aliphatic carbocycles. The number of rotatable bonds is 2. The van der Waals surface area contributed by atoms with Crippen LogP contribution in [0.3, 0.4) is 0 Å². The standard InChI is InChI=1S/C22H26N2O2/c1-22(2,3)26-21(25)24-18-9-10-19(24)14-15(13-18)12-17-7-4-6-16-8-5-11-23-20(16)17/h4-8,11,13,18-19H,9-10,12,14H2,1-3H3. The van der Waals surface area contributed by atoms with Gasteiger partial charge in [-0.3, -0.25) is 9.88 Å². The van der Waals surface area contributed by atoms with Crippen molar-refractivity contribution in [3.8, 4) is 0 Å². The Kier molecular flexibility index (Phi) is 4.22. The molecule has 0 radical (unpaired) electrons. The number of para-hydroxylation sites is 1. The second kappa shape index (κ2) is 6.42. The highest BCUT2D eigenvalue weighted by Gasteiger charge is 2.41. The van der Waals surface area contributed by atoms with E-state index in [-0.39, 0.29) is 18.2 Å². The van der Waals surface area contributed by atoms with Gasteiger partial charge in [0.2, 0.25) is 0 Å². The van der Waals surface area contributed by atoms with Crippen LogP contribution in [0.5, 0.6) is 0 Å². The Labute approximate surface area is 154 Å². The fraction of sp³-hybridized carbons (Fsp3) is 0.455. The van der Waals surface area contributed by atoms with E-state index in [1.165, 1.54) is 16.5 Å². The summed E-state index contributed by atoms with van der Waals surface area (Å²) in [5.74, 6) is 0. The molecule has 2 aliphatic heterocycles. The monoisotopic (exact) mass is 350 g/mol. The Morgan fingerprint density at radius 1 is 1.23 bits per heavy atom. The summed E-state index contributed by atoms with van der Waals surface area (Å²) in [6, 6.07) is 10.9. The lowest BCUT2D eigenvalue weighted by Crippen LogP contribution is -2.45. The Balaban J connectivity index is 1.55. The van der Waals surface area contributed by atoms with Gasteiger partial charge in [0, 0.05) is 17.6 Å². The van der Waals surface area contributed by atoms with Crippen molar-refractivity contribution in [3.05, 3.63) is 53.7 Å². The molecule has 1 amide bonds. The van der Waals surface area contributed by atoms with Crippen LogP contribution in [-0.4, -0.2) is 33.7 Å². The minimum Gasteiger partial charge on any atom is -0.444 e. The fourth-order valence-electron chi connectivity index (χ4n) is 4.20. The number of benzene rings is 1. The third-order valence-electron chi connectivity index (χ3n) is 5.21. The first-order valence-corrected chi connectivity index (χ1v) is 9.44. The van der Waals surface area contributed by atoms with Crippen LogP contribution < -0.4 is 0 Å². The van der Waals surface area contributed by atoms with E-state index >= 15 is 0 Å². The summed E-state index contributed by atoms with van der Waals surface area (Å²) < 4.78 is 5.62. The van der Waals surface area contributed by atoms with Crippen molar-refractivity contribution >= 4 is 17.0 Å². The average molecular weight is 350 g/mol. The van der Waals surface area contributed by atoms with Crippen LogP contribution in [0.15, 0.2) is 48.2 Å². The molecule has 2 aliphatic rings. The van der Waals surface area contributed by atoms with Crippen LogP contribution in [0.25, 0.3) is 10.9 Å². The Hall–Kier alpha value is -2.36. The largest absolute Gasteiger partial charge is 0.444 e. The molecule has 2 aromatic rings. The Morgan fingerprint density at radius 2 is 2.04 bits per heavy atom. The van der Waals surface area contributed by atoms with Crippen molar-refractivity contribution in [2.24, 2.45) is 0 Å². The molecule has 3 heterocycles. The van der Waals surface area contributed by atoms with Crippen molar-refractivity contribution in [2.75, 3.05) is 0 Å². The number of nitrogens with zero attached hydrogens (tertiary/aromatic N) is 2. The number of pyridine rings is 1. The van der Waals surface area contributed by atoms with Gasteiger partial charge in [-0.05, 0) is 58.1 Å². The van der Waals surface area contributed by atoms with Crippen LogP contribution in [0.1, 0.15) is 45.6 Å². The number of aromatic nitrogens is 1. The van der Waals surface area contributed by atoms with Crippen LogP contribution >= 0.6 is 0 Å². The Bertz CT molecular complexity index is 861. The SMILES string of the molecule is CC(C)(C)OC(=O)N1C2C=C(Cc3cccc4cccnc34)CC1CC2. The van der Waals surface area contributed by atoms with Crippen molar-refractivity contribution in [1.29, 1.82) is 0 Å². The topological polar surface area (TPSA) is 42.4 Å². The zero-order chi connectivity index (χ0) is 18.3. The van der Waals surface area contributed by atoms with Gasteiger partial charge in [0.05, 0.1) is 11.6 Å². The number of ether oxygens (including phenoxy) is 1. The highest BCUT2D eigenvalue weighted by molar-refractivity contribution is 5.81. The smallest absolute Gasteiger partial charge is 0.411 e. The van der Waals surface area contributed by atoms with Crippen LogP contribution in [0.2, 0.25) is 0 Å². The van der Waals surface area contributed by atoms with E-state index in [1.807, 2.05) is 37.9 Å². The molecule has 1 saturated heterocycles. The van der Waals surface area contributed by atoms with E-state index in [0.29, 0.717) is 0 Å². The maximum absolute atomic E-state index is 12.6. The third-order valence-corrected chi connectivity index (χ3v) is 5.21. The highest BCUT2D eigenvalue weighted by Crippen LogP contribution is 2.37. The third kappa shape index (κ3) is 3.33. The first-order valence-electron chi connectivity index (χ1n) is 9.44. The molecule has 4 heteroatoms. The van der Waals surface area contributed by atoms with Crippen LogP contribution in [0.4, 0.5) is 4.79 Å². The quantitative estimate of drug-likeness (QED) is 0.725. The zero-order valence-corrected chi connectivity index (χ0v) is 15.7. The van der Waals surface area contributed by atoms with Gasteiger partial charge in [0.15, 0.2) is 0 Å². The summed E-state index contributed by atoms with van der Waals surface area (Å²) in [5, 5.41) is 1.18. The maximum atomic E-state index is 12.6. The van der Waals surface area contributed by atoms with Crippen molar-refractivity contribution in [1.82, 2.24) is 9.88 Å². The van der Waals surface area contributed by atoms with Crippen molar-refractivity contribution < 1.29 is 9.53 Å². The number of fused-ring (bicyclic) bond motifs is 3. The molecule has 2 unspecified atom stereocenters. The van der Waals surface area contributed by atoms with Crippen LogP contribution in [-0.2, 0) is 11.2 Å². The van der Waals surface area contributed by atoms with Gasteiger partial charge in [0.25, 0.3) is 0 Å². The summed E-state index contributed by atoms with van der Waals surface area (Å²) in [6.45, 7) is 5.77. The molecule has 26 heavy (non-hydrogen) atoms. The summed E-state index contributed by atoms with van der Waals surface area (Å²) in [4.78, 5) is 19.1. The maximum Gasteiger partial charge on any atom is 0.411 e. The molecule has 1 fully saturated rings. The number of hydrogen-bond donors (Lipinski definition) is 0. The van der Waals surface area contributed by atoms with E-state index in [0.717, 1.165) is 31.2 Å². The van der Waals surface area contributed by atoms with Gasteiger partial charge in [-0.15, -0.1) is 0 Å². The minimum absolute atomic E-state index is 0.168. The first kappa shape index (κ1) is 17.1. The van der Waals surface area contributed by atoms with Gasteiger partial charge in [-0.25, -0.2) is 4.79 Å². The molecular formula is C22H26N2O2. The molecule has 4 nitrogen and oxygen atoms in total. The average Bonchev–Trinajstić information content (AvgIpc) is 2.85. The number of carbonyl (C=O) groups is 1. The molecule has 0 spiro atoms. The van der Waals surface area contributed by atoms with Gasteiger partial charge in [-0.2, -0.15) is 0 Å². The second-order valence-electron chi connectivity index (χ2n) is 8.38. The van der Waals surface area contributed by atoms with E-state index in [9.17, 15) is 4.79 Å². The molecule has 1 aromatic carbocycles. The number of amides is 1. The summed E-state index contributed by atoms with van der Waals surface area (Å²) in [5.41, 5.74) is 3.31. The summed E-state index contributed by atoms with van der Waals surface area (Å²) in [6.07, 6.45) is 7.89. The summed E-state index contributed by atoms with van der Waals surface area (Å²) in [7, 11) is 0. The second-order valence-corrected chi connectivity index (χ2v) is 8.38. The minimum atomic E-state index is -0.449. The molecule has 4 rings (SSSR count). The zero-order valence-electron chi connectivity index (χ0n) is 15.7. The van der Waals surface area contributed by atoms with Gasteiger partial charge < -0.3 is 4.74 Å². The lowest BCUT2D eigenvalue weighted by Gasteiger charge is -2.35. The molecule has 0 N–H and O–H groups in total. The Morgan fingerprint density at radius 3 is 2.81 bits per heavy atom. The van der Waals surface area contributed by atoms with E-state index in [1.54, 1.807) is 0 Å². The molecule has 2 atom stereocenters. The number of hydrogen-bond acceptors (Lipinski definition) is 3. The van der Waals surface area contributed by atoms with Crippen molar-refractivity contribution in [3.63, 3.8) is 0 Å². The molecule has 2 bridgehead atoms.